The Morgan fingerprint density at radius 1 is 1.48 bits per heavy atom. The molecule has 0 bridgehead atoms. The number of nitrogens with one attached hydrogen (secondary N) is 1. The highest BCUT2D eigenvalue weighted by Crippen LogP contribution is 2.36. The second-order valence-corrected chi connectivity index (χ2v) is 6.11. The number of rotatable bonds is 4. The second kappa shape index (κ2) is 5.63. The minimum atomic E-state index is -0.279. The van der Waals surface area contributed by atoms with E-state index in [2.05, 4.69) is 22.2 Å². The lowest BCUT2D eigenvalue weighted by molar-refractivity contribution is -0.384. The Balaban J connectivity index is 1.94. The molecule has 2 saturated heterocycles. The van der Waals surface area contributed by atoms with E-state index in [9.17, 15) is 10.1 Å². The monoisotopic (exact) mass is 293 g/mol. The summed E-state index contributed by atoms with van der Waals surface area (Å²) in [4.78, 5) is 13.3. The maximum atomic E-state index is 11.4. The number of fused-ring (bicyclic) bond motifs is 1. The third kappa shape index (κ3) is 2.50. The van der Waals surface area contributed by atoms with Gasteiger partial charge in [-0.15, -0.1) is 0 Å². The summed E-state index contributed by atoms with van der Waals surface area (Å²) in [6.07, 6.45) is 3.33. The van der Waals surface area contributed by atoms with Gasteiger partial charge in [-0.1, -0.05) is 6.92 Å². The standard InChI is InChI=1S/C14H23N5O2/c1-3-7-18-14(13(19(20)21)10(2)16-18)17-8-11-5-4-6-15-12(11)9-17/h11-12,15H,3-9H2,1-2H3/t11-,12+/m0/s1. The van der Waals surface area contributed by atoms with Gasteiger partial charge in [-0.2, -0.15) is 5.10 Å². The van der Waals surface area contributed by atoms with Gasteiger partial charge in [0.2, 0.25) is 5.82 Å². The van der Waals surface area contributed by atoms with Crippen LogP contribution in [-0.4, -0.2) is 40.4 Å². The van der Waals surface area contributed by atoms with Gasteiger partial charge in [-0.05, 0) is 38.6 Å². The summed E-state index contributed by atoms with van der Waals surface area (Å²) in [5.74, 6) is 1.30. The zero-order valence-corrected chi connectivity index (χ0v) is 12.7. The van der Waals surface area contributed by atoms with Gasteiger partial charge in [0.15, 0.2) is 0 Å². The number of anilines is 1. The molecule has 1 N–H and O–H groups in total. The fourth-order valence-corrected chi connectivity index (χ4v) is 3.67. The molecule has 0 aromatic carbocycles. The van der Waals surface area contributed by atoms with Gasteiger partial charge < -0.3 is 10.2 Å². The van der Waals surface area contributed by atoms with E-state index in [-0.39, 0.29) is 10.6 Å². The molecule has 0 spiro atoms. The van der Waals surface area contributed by atoms with Crippen LogP contribution in [0, 0.1) is 23.0 Å². The summed E-state index contributed by atoms with van der Waals surface area (Å²) in [7, 11) is 0. The topological polar surface area (TPSA) is 76.2 Å². The number of hydrogen-bond acceptors (Lipinski definition) is 5. The number of nitro groups is 1. The highest BCUT2D eigenvalue weighted by atomic mass is 16.6. The molecule has 2 aliphatic rings. The van der Waals surface area contributed by atoms with Crippen molar-refractivity contribution in [2.75, 3.05) is 24.5 Å². The average molecular weight is 293 g/mol. The Kier molecular flexibility index (Phi) is 3.84. The molecule has 116 valence electrons. The molecule has 3 heterocycles. The van der Waals surface area contributed by atoms with E-state index in [1.807, 2.05) is 4.68 Å². The van der Waals surface area contributed by atoms with Crippen molar-refractivity contribution < 1.29 is 4.92 Å². The number of aryl methyl sites for hydroxylation is 2. The van der Waals surface area contributed by atoms with Crippen molar-refractivity contribution in [2.24, 2.45) is 5.92 Å². The maximum Gasteiger partial charge on any atom is 0.333 e. The molecule has 2 fully saturated rings. The van der Waals surface area contributed by atoms with Crippen molar-refractivity contribution in [3.8, 4) is 0 Å². The minimum Gasteiger partial charge on any atom is -0.349 e. The first kappa shape index (κ1) is 14.3. The van der Waals surface area contributed by atoms with Crippen LogP contribution in [0.3, 0.4) is 0 Å². The molecule has 7 heteroatoms. The van der Waals surface area contributed by atoms with E-state index in [4.69, 9.17) is 0 Å². The first-order valence-corrected chi connectivity index (χ1v) is 7.82. The molecular weight excluding hydrogens is 270 g/mol. The third-order valence-corrected chi connectivity index (χ3v) is 4.59. The SMILES string of the molecule is CCCn1nc(C)c([N+](=O)[O-])c1N1C[C@@H]2CCCN[C@@H]2C1. The first-order chi connectivity index (χ1) is 10.1. The zero-order chi connectivity index (χ0) is 15.0. The smallest absolute Gasteiger partial charge is 0.333 e. The Morgan fingerprint density at radius 3 is 2.95 bits per heavy atom. The quantitative estimate of drug-likeness (QED) is 0.675. The molecule has 0 aliphatic carbocycles. The van der Waals surface area contributed by atoms with Gasteiger partial charge in [0.1, 0.15) is 5.69 Å². The van der Waals surface area contributed by atoms with Crippen LogP contribution in [0.25, 0.3) is 0 Å². The van der Waals surface area contributed by atoms with Crippen LogP contribution in [-0.2, 0) is 6.54 Å². The van der Waals surface area contributed by atoms with Crippen molar-refractivity contribution in [2.45, 2.75) is 45.7 Å². The van der Waals surface area contributed by atoms with Crippen LogP contribution in [0.5, 0.6) is 0 Å². The molecule has 2 aliphatic heterocycles. The van der Waals surface area contributed by atoms with Crippen LogP contribution >= 0.6 is 0 Å². The molecule has 21 heavy (non-hydrogen) atoms. The van der Waals surface area contributed by atoms with Crippen molar-refractivity contribution in [1.82, 2.24) is 15.1 Å². The third-order valence-electron chi connectivity index (χ3n) is 4.59. The molecule has 7 nitrogen and oxygen atoms in total. The van der Waals surface area contributed by atoms with Crippen LogP contribution in [0.15, 0.2) is 0 Å². The van der Waals surface area contributed by atoms with Gasteiger partial charge in [0.05, 0.1) is 4.92 Å². The summed E-state index contributed by atoms with van der Waals surface area (Å²) >= 11 is 0. The van der Waals surface area contributed by atoms with Gasteiger partial charge in [-0.25, -0.2) is 4.68 Å². The number of nitrogens with zero attached hydrogens (tertiary/aromatic N) is 4. The minimum absolute atomic E-state index is 0.182. The lowest BCUT2D eigenvalue weighted by Gasteiger charge is -2.24. The Bertz CT molecular complexity index is 528. The molecule has 0 unspecified atom stereocenters. The van der Waals surface area contributed by atoms with Crippen LogP contribution in [0.1, 0.15) is 31.9 Å². The summed E-state index contributed by atoms with van der Waals surface area (Å²) < 4.78 is 1.82. The summed E-state index contributed by atoms with van der Waals surface area (Å²) in [6.45, 7) is 7.33. The maximum absolute atomic E-state index is 11.4. The van der Waals surface area contributed by atoms with E-state index in [1.54, 1.807) is 6.92 Å². The molecule has 0 amide bonds. The predicted molar refractivity (Wildman–Crippen MR) is 80.6 cm³/mol. The summed E-state index contributed by atoms with van der Waals surface area (Å²) in [5, 5.41) is 19.4. The molecule has 0 saturated carbocycles. The second-order valence-electron chi connectivity index (χ2n) is 6.11. The first-order valence-electron chi connectivity index (χ1n) is 7.82. The molecule has 2 atom stereocenters. The number of piperidine rings is 1. The van der Waals surface area contributed by atoms with Crippen LogP contribution in [0.2, 0.25) is 0 Å². The Morgan fingerprint density at radius 2 is 2.29 bits per heavy atom. The van der Waals surface area contributed by atoms with Crippen molar-refractivity contribution in [3.63, 3.8) is 0 Å². The molecule has 1 aromatic rings. The zero-order valence-electron chi connectivity index (χ0n) is 12.7. The molecule has 1 aromatic heterocycles. The fourth-order valence-electron chi connectivity index (χ4n) is 3.67. The van der Waals surface area contributed by atoms with Gasteiger partial charge in [0, 0.05) is 25.7 Å². The Hall–Kier alpha value is -1.63. The normalized spacial score (nSPS) is 25.1. The fraction of sp³-hybridized carbons (Fsp3) is 0.786. The van der Waals surface area contributed by atoms with Gasteiger partial charge >= 0.3 is 5.69 Å². The van der Waals surface area contributed by atoms with Crippen molar-refractivity contribution in [1.29, 1.82) is 0 Å². The average Bonchev–Trinajstić information content (AvgIpc) is 2.99. The van der Waals surface area contributed by atoms with E-state index in [0.717, 1.165) is 32.6 Å². The van der Waals surface area contributed by atoms with Gasteiger partial charge in [0.25, 0.3) is 0 Å². The van der Waals surface area contributed by atoms with E-state index >= 15 is 0 Å². The van der Waals surface area contributed by atoms with Crippen molar-refractivity contribution in [3.05, 3.63) is 15.8 Å². The molecule has 3 rings (SSSR count). The molecule has 0 radical (unpaired) electrons. The highest BCUT2D eigenvalue weighted by molar-refractivity contribution is 5.62. The number of hydrogen-bond donors (Lipinski definition) is 1. The largest absolute Gasteiger partial charge is 0.349 e. The van der Waals surface area contributed by atoms with E-state index < -0.39 is 0 Å². The van der Waals surface area contributed by atoms with Crippen LogP contribution < -0.4 is 10.2 Å². The highest BCUT2D eigenvalue weighted by Gasteiger charge is 2.39. The summed E-state index contributed by atoms with van der Waals surface area (Å²) in [5.41, 5.74) is 0.702. The van der Waals surface area contributed by atoms with Gasteiger partial charge in [-0.3, -0.25) is 10.1 Å². The molecular formula is C14H23N5O2. The van der Waals surface area contributed by atoms with Crippen molar-refractivity contribution >= 4 is 11.5 Å². The van der Waals surface area contributed by atoms with Crippen LogP contribution in [0.4, 0.5) is 11.5 Å². The summed E-state index contributed by atoms with van der Waals surface area (Å²) in [6, 6.07) is 0.462. The lowest BCUT2D eigenvalue weighted by Crippen LogP contribution is -2.40. The lowest BCUT2D eigenvalue weighted by atomic mass is 9.94. The van der Waals surface area contributed by atoms with E-state index in [1.165, 1.54) is 12.8 Å². The number of aromatic nitrogens is 2. The Labute approximate surface area is 124 Å². The predicted octanol–water partition coefficient (Wildman–Crippen LogP) is 1.70. The van der Waals surface area contributed by atoms with E-state index in [0.29, 0.717) is 23.5 Å².